The normalized spacial score (nSPS) is 10.2. The van der Waals surface area contributed by atoms with E-state index < -0.39 is 0 Å². The molecule has 0 unspecified atom stereocenters. The molecule has 28 heavy (non-hydrogen) atoms. The van der Waals surface area contributed by atoms with Gasteiger partial charge in [-0.05, 0) is 30.7 Å². The number of benzene rings is 2. The number of aryl methyl sites for hydroxylation is 1. The van der Waals surface area contributed by atoms with Crippen molar-refractivity contribution in [2.75, 3.05) is 24.9 Å². The Kier molecular flexibility index (Phi) is 6.06. The van der Waals surface area contributed by atoms with Gasteiger partial charge in [-0.1, -0.05) is 24.3 Å². The Balaban J connectivity index is 1.65. The molecule has 0 spiro atoms. The standard InChI is InChI=1S/C21H22N4O3/c1-14-8-9-19(28-3)17(10-14)25-20(26)16-12-23-21(24-13-16)22-11-15-6-4-5-7-18(15)27-2/h4-10,12-13H,11H2,1-3H3,(H,25,26)(H,22,23,24). The fourth-order valence-electron chi connectivity index (χ4n) is 2.67. The summed E-state index contributed by atoms with van der Waals surface area (Å²) in [7, 11) is 3.19. The Hall–Kier alpha value is -3.61. The average Bonchev–Trinajstić information content (AvgIpc) is 2.73. The first-order valence-corrected chi connectivity index (χ1v) is 8.74. The maximum Gasteiger partial charge on any atom is 0.258 e. The van der Waals surface area contributed by atoms with Crippen LogP contribution in [0, 0.1) is 6.92 Å². The van der Waals surface area contributed by atoms with Crippen LogP contribution in [-0.4, -0.2) is 30.1 Å². The van der Waals surface area contributed by atoms with Crippen LogP contribution in [0.15, 0.2) is 54.9 Å². The number of methoxy groups -OCH3 is 2. The zero-order valence-corrected chi connectivity index (χ0v) is 16.0. The molecule has 7 heteroatoms. The van der Waals surface area contributed by atoms with Crippen molar-refractivity contribution in [3.05, 3.63) is 71.5 Å². The highest BCUT2D eigenvalue weighted by molar-refractivity contribution is 6.04. The van der Waals surface area contributed by atoms with Crippen molar-refractivity contribution in [3.8, 4) is 11.5 Å². The third kappa shape index (κ3) is 4.56. The highest BCUT2D eigenvalue weighted by Gasteiger charge is 2.11. The summed E-state index contributed by atoms with van der Waals surface area (Å²) in [5.74, 6) is 1.50. The van der Waals surface area contributed by atoms with Gasteiger partial charge in [0.05, 0.1) is 25.5 Å². The van der Waals surface area contributed by atoms with Gasteiger partial charge >= 0.3 is 0 Å². The number of ether oxygens (including phenoxy) is 2. The number of amides is 1. The van der Waals surface area contributed by atoms with E-state index in [1.54, 1.807) is 14.2 Å². The topological polar surface area (TPSA) is 85.4 Å². The Bertz CT molecular complexity index is 958. The van der Waals surface area contributed by atoms with E-state index in [9.17, 15) is 4.79 Å². The van der Waals surface area contributed by atoms with E-state index >= 15 is 0 Å². The van der Waals surface area contributed by atoms with Crippen molar-refractivity contribution < 1.29 is 14.3 Å². The summed E-state index contributed by atoms with van der Waals surface area (Å²) in [6, 6.07) is 13.3. The molecule has 7 nitrogen and oxygen atoms in total. The first-order valence-electron chi connectivity index (χ1n) is 8.74. The van der Waals surface area contributed by atoms with E-state index in [1.807, 2.05) is 49.4 Å². The third-order valence-corrected chi connectivity index (χ3v) is 4.15. The number of anilines is 2. The van der Waals surface area contributed by atoms with Gasteiger partial charge in [0.1, 0.15) is 11.5 Å². The molecule has 0 atom stereocenters. The molecule has 1 aromatic heterocycles. The van der Waals surface area contributed by atoms with E-state index in [0.717, 1.165) is 16.9 Å². The summed E-state index contributed by atoms with van der Waals surface area (Å²) < 4.78 is 10.6. The fraction of sp³-hybridized carbons (Fsp3) is 0.190. The van der Waals surface area contributed by atoms with Gasteiger partial charge in [-0.3, -0.25) is 4.79 Å². The van der Waals surface area contributed by atoms with Gasteiger partial charge < -0.3 is 20.1 Å². The first-order chi connectivity index (χ1) is 13.6. The number of rotatable bonds is 7. The van der Waals surface area contributed by atoms with Crippen LogP contribution in [0.1, 0.15) is 21.5 Å². The Morgan fingerprint density at radius 2 is 1.71 bits per heavy atom. The van der Waals surface area contributed by atoms with Gasteiger partial charge in [0.2, 0.25) is 5.95 Å². The molecule has 144 valence electrons. The average molecular weight is 378 g/mol. The lowest BCUT2D eigenvalue weighted by molar-refractivity contribution is 0.102. The minimum atomic E-state index is -0.305. The summed E-state index contributed by atoms with van der Waals surface area (Å²) in [5, 5.41) is 5.95. The predicted octanol–water partition coefficient (Wildman–Crippen LogP) is 3.67. The van der Waals surface area contributed by atoms with Crippen molar-refractivity contribution in [1.29, 1.82) is 0 Å². The number of aromatic nitrogens is 2. The molecule has 0 saturated carbocycles. The van der Waals surface area contributed by atoms with Crippen LogP contribution in [0.4, 0.5) is 11.6 Å². The number of hydrogen-bond donors (Lipinski definition) is 2. The maximum absolute atomic E-state index is 12.5. The quantitative estimate of drug-likeness (QED) is 0.653. The van der Waals surface area contributed by atoms with Crippen LogP contribution < -0.4 is 20.1 Å². The monoisotopic (exact) mass is 378 g/mol. The second-order valence-electron chi connectivity index (χ2n) is 6.12. The van der Waals surface area contributed by atoms with Gasteiger partial charge in [-0.2, -0.15) is 0 Å². The van der Waals surface area contributed by atoms with Gasteiger partial charge in [0.25, 0.3) is 5.91 Å². The molecule has 3 rings (SSSR count). The van der Waals surface area contributed by atoms with Gasteiger partial charge in [0.15, 0.2) is 0 Å². The third-order valence-electron chi connectivity index (χ3n) is 4.15. The Labute approximate surface area is 163 Å². The lowest BCUT2D eigenvalue weighted by Crippen LogP contribution is -2.14. The van der Waals surface area contributed by atoms with Crippen LogP contribution in [0.5, 0.6) is 11.5 Å². The highest BCUT2D eigenvalue weighted by Crippen LogP contribution is 2.25. The van der Waals surface area contributed by atoms with Crippen LogP contribution in [0.2, 0.25) is 0 Å². The van der Waals surface area contributed by atoms with E-state index in [2.05, 4.69) is 20.6 Å². The predicted molar refractivity (Wildman–Crippen MR) is 108 cm³/mol. The van der Waals surface area contributed by atoms with Gasteiger partial charge in [0, 0.05) is 24.5 Å². The number of hydrogen-bond acceptors (Lipinski definition) is 6. The molecule has 0 aliphatic rings. The molecular formula is C21H22N4O3. The second kappa shape index (κ2) is 8.85. The zero-order chi connectivity index (χ0) is 19.9. The van der Waals surface area contributed by atoms with Crippen LogP contribution in [0.3, 0.4) is 0 Å². The van der Waals surface area contributed by atoms with Gasteiger partial charge in [-0.25, -0.2) is 9.97 Å². The summed E-state index contributed by atoms with van der Waals surface area (Å²) >= 11 is 0. The minimum Gasteiger partial charge on any atom is -0.496 e. The number of para-hydroxylation sites is 1. The summed E-state index contributed by atoms with van der Waals surface area (Å²) in [4.78, 5) is 20.9. The maximum atomic E-state index is 12.5. The Morgan fingerprint density at radius 3 is 2.43 bits per heavy atom. The van der Waals surface area contributed by atoms with Crippen LogP contribution in [0.25, 0.3) is 0 Å². The molecule has 0 aliphatic carbocycles. The van der Waals surface area contributed by atoms with Crippen LogP contribution >= 0.6 is 0 Å². The molecule has 1 amide bonds. The molecule has 2 N–H and O–H groups in total. The second-order valence-corrected chi connectivity index (χ2v) is 6.12. The largest absolute Gasteiger partial charge is 0.496 e. The molecule has 1 heterocycles. The van der Waals surface area contributed by atoms with Crippen molar-refractivity contribution in [1.82, 2.24) is 9.97 Å². The number of nitrogens with zero attached hydrogens (tertiary/aromatic N) is 2. The van der Waals surface area contributed by atoms with E-state index in [0.29, 0.717) is 29.5 Å². The van der Waals surface area contributed by atoms with E-state index in [-0.39, 0.29) is 5.91 Å². The lowest BCUT2D eigenvalue weighted by atomic mass is 10.2. The number of carbonyl (C=O) groups excluding carboxylic acids is 1. The molecular weight excluding hydrogens is 356 g/mol. The van der Waals surface area contributed by atoms with Crippen molar-refractivity contribution >= 4 is 17.5 Å². The molecule has 2 aromatic carbocycles. The SMILES string of the molecule is COc1ccccc1CNc1ncc(C(=O)Nc2cc(C)ccc2OC)cn1. The molecule has 0 fully saturated rings. The summed E-state index contributed by atoms with van der Waals surface area (Å²) in [6.07, 6.45) is 2.96. The fourth-order valence-corrected chi connectivity index (χ4v) is 2.67. The van der Waals surface area contributed by atoms with Crippen molar-refractivity contribution in [2.45, 2.75) is 13.5 Å². The Morgan fingerprint density at radius 1 is 1.00 bits per heavy atom. The van der Waals surface area contributed by atoms with Crippen LogP contribution in [-0.2, 0) is 6.54 Å². The van der Waals surface area contributed by atoms with E-state index in [4.69, 9.17) is 9.47 Å². The lowest BCUT2D eigenvalue weighted by Gasteiger charge is -2.11. The number of nitrogens with one attached hydrogen (secondary N) is 2. The van der Waals surface area contributed by atoms with Crippen molar-refractivity contribution in [2.24, 2.45) is 0 Å². The molecule has 0 bridgehead atoms. The molecule has 0 saturated heterocycles. The summed E-state index contributed by atoms with van der Waals surface area (Å²) in [6.45, 7) is 2.45. The number of carbonyl (C=O) groups is 1. The minimum absolute atomic E-state index is 0.305. The van der Waals surface area contributed by atoms with E-state index in [1.165, 1.54) is 12.4 Å². The molecule has 3 aromatic rings. The zero-order valence-electron chi connectivity index (χ0n) is 16.0. The first kappa shape index (κ1) is 19.2. The van der Waals surface area contributed by atoms with Gasteiger partial charge in [-0.15, -0.1) is 0 Å². The molecule has 0 radical (unpaired) electrons. The highest BCUT2D eigenvalue weighted by atomic mass is 16.5. The molecule has 0 aliphatic heterocycles. The summed E-state index contributed by atoms with van der Waals surface area (Å²) in [5.41, 5.74) is 2.96. The van der Waals surface area contributed by atoms with Crippen molar-refractivity contribution in [3.63, 3.8) is 0 Å². The smallest absolute Gasteiger partial charge is 0.258 e.